The van der Waals surface area contributed by atoms with Gasteiger partial charge in [0, 0.05) is 18.9 Å². The second-order valence-corrected chi connectivity index (χ2v) is 4.66. The summed E-state index contributed by atoms with van der Waals surface area (Å²) in [5, 5.41) is 0. The van der Waals surface area contributed by atoms with Crippen LogP contribution >= 0.6 is 0 Å². The van der Waals surface area contributed by atoms with E-state index < -0.39 is 0 Å². The van der Waals surface area contributed by atoms with Crippen LogP contribution in [0.15, 0.2) is 18.2 Å². The van der Waals surface area contributed by atoms with Crippen molar-refractivity contribution in [2.45, 2.75) is 45.6 Å². The van der Waals surface area contributed by atoms with Crippen LogP contribution in [0.1, 0.15) is 37.3 Å². The van der Waals surface area contributed by atoms with Crippen molar-refractivity contribution >= 4 is 5.78 Å². The maximum Gasteiger partial charge on any atom is 0.137 e. The number of carbonyl (C=O) groups is 1. The van der Waals surface area contributed by atoms with Gasteiger partial charge in [-0.2, -0.15) is 0 Å². The second-order valence-electron chi connectivity index (χ2n) is 4.66. The predicted molar refractivity (Wildman–Crippen MR) is 67.3 cm³/mol. The number of halogens is 1. The van der Waals surface area contributed by atoms with Gasteiger partial charge in [0.15, 0.2) is 0 Å². The van der Waals surface area contributed by atoms with Gasteiger partial charge < -0.3 is 5.73 Å². The van der Waals surface area contributed by atoms with Crippen molar-refractivity contribution in [1.29, 1.82) is 0 Å². The molecule has 17 heavy (non-hydrogen) atoms. The van der Waals surface area contributed by atoms with Crippen LogP contribution in [-0.4, -0.2) is 11.8 Å². The lowest BCUT2D eigenvalue weighted by molar-refractivity contribution is -0.118. The summed E-state index contributed by atoms with van der Waals surface area (Å²) in [5.41, 5.74) is 7.37. The van der Waals surface area contributed by atoms with E-state index in [1.165, 1.54) is 12.1 Å². The minimum Gasteiger partial charge on any atom is -0.328 e. The number of nitrogens with two attached hydrogens (primary N) is 1. The van der Waals surface area contributed by atoms with Gasteiger partial charge in [0.05, 0.1) is 0 Å². The van der Waals surface area contributed by atoms with Crippen LogP contribution in [0.25, 0.3) is 0 Å². The van der Waals surface area contributed by atoms with Gasteiger partial charge in [0.2, 0.25) is 0 Å². The maximum absolute atomic E-state index is 13.0. The standard InChI is InChI=1S/C14H20FNO/c1-10-6-7-13(15)8-12(10)9-14(17)5-3-4-11(2)16/h6-8,11H,3-5,9,16H2,1-2H3. The normalized spacial score (nSPS) is 12.5. The van der Waals surface area contributed by atoms with Gasteiger partial charge in [0.25, 0.3) is 0 Å². The molecule has 0 radical (unpaired) electrons. The maximum atomic E-state index is 13.0. The summed E-state index contributed by atoms with van der Waals surface area (Å²) in [6, 6.07) is 4.71. The molecule has 1 aromatic rings. The van der Waals surface area contributed by atoms with Gasteiger partial charge in [-0.15, -0.1) is 0 Å². The summed E-state index contributed by atoms with van der Waals surface area (Å²) in [7, 11) is 0. The molecule has 0 fully saturated rings. The van der Waals surface area contributed by atoms with Crippen LogP contribution < -0.4 is 5.73 Å². The van der Waals surface area contributed by atoms with Gasteiger partial charge in [0.1, 0.15) is 11.6 Å². The Balaban J connectivity index is 2.47. The fraction of sp³-hybridized carbons (Fsp3) is 0.500. The average molecular weight is 237 g/mol. The number of hydrogen-bond acceptors (Lipinski definition) is 2. The van der Waals surface area contributed by atoms with Crippen molar-refractivity contribution in [3.05, 3.63) is 35.1 Å². The summed E-state index contributed by atoms with van der Waals surface area (Å²) in [6.45, 7) is 3.82. The van der Waals surface area contributed by atoms with Gasteiger partial charge in [-0.1, -0.05) is 6.07 Å². The van der Waals surface area contributed by atoms with E-state index in [0.29, 0.717) is 12.8 Å². The minimum atomic E-state index is -0.283. The van der Waals surface area contributed by atoms with Crippen LogP contribution in [0.4, 0.5) is 4.39 Å². The third kappa shape index (κ3) is 5.09. The molecule has 0 heterocycles. The van der Waals surface area contributed by atoms with E-state index in [1.54, 1.807) is 6.07 Å². The number of hydrogen-bond donors (Lipinski definition) is 1. The monoisotopic (exact) mass is 237 g/mol. The zero-order chi connectivity index (χ0) is 12.8. The number of rotatable bonds is 6. The molecule has 3 heteroatoms. The summed E-state index contributed by atoms with van der Waals surface area (Å²) in [6.07, 6.45) is 2.51. The lowest BCUT2D eigenvalue weighted by Crippen LogP contribution is -2.15. The molecular formula is C14H20FNO. The Morgan fingerprint density at radius 2 is 2.18 bits per heavy atom. The Hall–Kier alpha value is -1.22. The highest BCUT2D eigenvalue weighted by Crippen LogP contribution is 2.12. The molecule has 0 aromatic heterocycles. The number of Topliss-reactive ketones (excluding diaryl/α,β-unsaturated/α-hetero) is 1. The lowest BCUT2D eigenvalue weighted by Gasteiger charge is -2.06. The first-order valence-electron chi connectivity index (χ1n) is 6.01. The molecule has 2 N–H and O–H groups in total. The van der Waals surface area contributed by atoms with Gasteiger partial charge >= 0.3 is 0 Å². The van der Waals surface area contributed by atoms with Gasteiger partial charge in [-0.05, 0) is 49.9 Å². The fourth-order valence-corrected chi connectivity index (χ4v) is 1.75. The highest BCUT2D eigenvalue weighted by Gasteiger charge is 2.07. The summed E-state index contributed by atoms with van der Waals surface area (Å²) in [4.78, 5) is 11.7. The third-order valence-corrected chi connectivity index (χ3v) is 2.81. The second kappa shape index (κ2) is 6.50. The largest absolute Gasteiger partial charge is 0.328 e. The molecule has 0 aliphatic carbocycles. The molecule has 2 nitrogen and oxygen atoms in total. The molecule has 0 spiro atoms. The molecule has 1 unspecified atom stereocenters. The Morgan fingerprint density at radius 1 is 1.47 bits per heavy atom. The quantitative estimate of drug-likeness (QED) is 0.826. The molecule has 0 bridgehead atoms. The molecule has 94 valence electrons. The van der Waals surface area contributed by atoms with Crippen molar-refractivity contribution in [2.75, 3.05) is 0 Å². The Morgan fingerprint density at radius 3 is 2.82 bits per heavy atom. The van der Waals surface area contributed by atoms with E-state index in [1.807, 2.05) is 13.8 Å². The van der Waals surface area contributed by atoms with Crippen LogP contribution in [-0.2, 0) is 11.2 Å². The van der Waals surface area contributed by atoms with Gasteiger partial charge in [-0.25, -0.2) is 4.39 Å². The number of carbonyl (C=O) groups excluding carboxylic acids is 1. The van der Waals surface area contributed by atoms with Crippen molar-refractivity contribution in [3.63, 3.8) is 0 Å². The van der Waals surface area contributed by atoms with E-state index in [2.05, 4.69) is 0 Å². The summed E-state index contributed by atoms with van der Waals surface area (Å²) >= 11 is 0. The van der Waals surface area contributed by atoms with Crippen LogP contribution in [0.5, 0.6) is 0 Å². The Kier molecular flexibility index (Phi) is 5.29. The van der Waals surface area contributed by atoms with Gasteiger partial charge in [-0.3, -0.25) is 4.79 Å². The van der Waals surface area contributed by atoms with Crippen LogP contribution in [0.2, 0.25) is 0 Å². The zero-order valence-corrected chi connectivity index (χ0v) is 10.5. The molecule has 0 aliphatic rings. The topological polar surface area (TPSA) is 43.1 Å². The summed E-state index contributed by atoms with van der Waals surface area (Å²) < 4.78 is 13.0. The van der Waals surface area contributed by atoms with Crippen molar-refractivity contribution in [1.82, 2.24) is 0 Å². The molecule has 0 saturated heterocycles. The fourth-order valence-electron chi connectivity index (χ4n) is 1.75. The molecular weight excluding hydrogens is 217 g/mol. The first kappa shape index (κ1) is 13.8. The molecule has 1 atom stereocenters. The predicted octanol–water partition coefficient (Wildman–Crippen LogP) is 2.76. The van der Waals surface area contributed by atoms with Crippen LogP contribution in [0, 0.1) is 12.7 Å². The SMILES string of the molecule is Cc1ccc(F)cc1CC(=O)CCCC(C)N. The van der Waals surface area contributed by atoms with Crippen molar-refractivity contribution < 1.29 is 9.18 Å². The molecule has 0 aliphatic heterocycles. The molecule has 0 saturated carbocycles. The number of benzene rings is 1. The number of aryl methyl sites for hydroxylation is 1. The average Bonchev–Trinajstić information content (AvgIpc) is 2.23. The van der Waals surface area contributed by atoms with E-state index in [-0.39, 0.29) is 17.6 Å². The third-order valence-electron chi connectivity index (χ3n) is 2.81. The molecule has 0 amide bonds. The highest BCUT2D eigenvalue weighted by molar-refractivity contribution is 5.81. The smallest absolute Gasteiger partial charge is 0.137 e. The number of ketones is 1. The van der Waals surface area contributed by atoms with E-state index >= 15 is 0 Å². The zero-order valence-electron chi connectivity index (χ0n) is 10.5. The molecule has 1 aromatic carbocycles. The van der Waals surface area contributed by atoms with E-state index in [0.717, 1.165) is 24.0 Å². The van der Waals surface area contributed by atoms with Crippen molar-refractivity contribution in [2.24, 2.45) is 5.73 Å². The van der Waals surface area contributed by atoms with Crippen molar-refractivity contribution in [3.8, 4) is 0 Å². The lowest BCUT2D eigenvalue weighted by atomic mass is 10.00. The first-order valence-corrected chi connectivity index (χ1v) is 6.01. The summed E-state index contributed by atoms with van der Waals surface area (Å²) in [5.74, 6) is -0.131. The highest BCUT2D eigenvalue weighted by atomic mass is 19.1. The minimum absolute atomic E-state index is 0.138. The Labute approximate surface area is 102 Å². The Bertz CT molecular complexity index is 388. The molecule has 1 rings (SSSR count). The van der Waals surface area contributed by atoms with E-state index in [4.69, 9.17) is 5.73 Å². The van der Waals surface area contributed by atoms with Crippen LogP contribution in [0.3, 0.4) is 0 Å². The first-order chi connectivity index (χ1) is 7.99. The van der Waals surface area contributed by atoms with E-state index in [9.17, 15) is 9.18 Å².